The van der Waals surface area contributed by atoms with Gasteiger partial charge in [-0.05, 0) is 41.8 Å². The molecular weight excluding hydrogens is 312 g/mol. The number of hydrogen-bond donors (Lipinski definition) is 2. The van der Waals surface area contributed by atoms with Crippen LogP contribution in [-0.4, -0.2) is 28.1 Å². The third-order valence-corrected chi connectivity index (χ3v) is 3.94. The minimum absolute atomic E-state index is 0.0718. The van der Waals surface area contributed by atoms with Crippen LogP contribution < -0.4 is 10.6 Å². The maximum Gasteiger partial charge on any atom is 0.261 e. The summed E-state index contributed by atoms with van der Waals surface area (Å²) < 4.78 is 1.73. The molecule has 0 radical (unpaired) electrons. The van der Waals surface area contributed by atoms with Gasteiger partial charge in [-0.15, -0.1) is 11.3 Å². The Bertz CT molecular complexity index is 780. The maximum atomic E-state index is 11.9. The highest BCUT2D eigenvalue weighted by Crippen LogP contribution is 2.12. The average Bonchev–Trinajstić information content (AvgIpc) is 3.26. The summed E-state index contributed by atoms with van der Waals surface area (Å²) in [6.45, 7) is -0.0718. The molecule has 0 aliphatic heterocycles. The lowest BCUT2D eigenvalue weighted by atomic mass is 10.3. The molecule has 3 rings (SSSR count). The van der Waals surface area contributed by atoms with Crippen LogP contribution in [0.3, 0.4) is 0 Å². The summed E-state index contributed by atoms with van der Waals surface area (Å²) >= 11 is 1.33. The molecular formula is C16H14N4O2S. The molecule has 116 valence electrons. The third kappa shape index (κ3) is 3.83. The van der Waals surface area contributed by atoms with Crippen molar-refractivity contribution in [2.24, 2.45) is 0 Å². The molecule has 2 heterocycles. The van der Waals surface area contributed by atoms with Crippen molar-refractivity contribution in [1.82, 2.24) is 15.1 Å². The molecule has 1 aromatic carbocycles. The van der Waals surface area contributed by atoms with Gasteiger partial charge in [0.15, 0.2) is 0 Å². The molecule has 2 amide bonds. The molecule has 6 nitrogen and oxygen atoms in total. The highest BCUT2D eigenvalue weighted by Gasteiger charge is 2.09. The Hall–Kier alpha value is -2.93. The third-order valence-electron chi connectivity index (χ3n) is 3.07. The van der Waals surface area contributed by atoms with E-state index < -0.39 is 0 Å². The summed E-state index contributed by atoms with van der Waals surface area (Å²) in [7, 11) is 0. The number of benzene rings is 1. The molecule has 3 aromatic rings. The van der Waals surface area contributed by atoms with Crippen LogP contribution in [-0.2, 0) is 4.79 Å². The largest absolute Gasteiger partial charge is 0.342 e. The SMILES string of the molecule is O=C(CNC(=O)c1cccs1)Nc1ccc(-n2cccn2)cc1. The number of carbonyl (C=O) groups excluding carboxylic acids is 2. The van der Waals surface area contributed by atoms with E-state index in [1.807, 2.05) is 29.8 Å². The number of carbonyl (C=O) groups is 2. The van der Waals surface area contributed by atoms with Crippen molar-refractivity contribution in [3.8, 4) is 5.69 Å². The second-order valence-corrected chi connectivity index (χ2v) is 5.65. The normalized spacial score (nSPS) is 10.3. The van der Waals surface area contributed by atoms with Crippen LogP contribution >= 0.6 is 11.3 Å². The molecule has 0 saturated carbocycles. The van der Waals surface area contributed by atoms with E-state index in [0.29, 0.717) is 10.6 Å². The molecule has 2 N–H and O–H groups in total. The Balaban J connectivity index is 1.53. The van der Waals surface area contributed by atoms with E-state index in [1.54, 1.807) is 35.1 Å². The number of nitrogens with one attached hydrogen (secondary N) is 2. The van der Waals surface area contributed by atoms with Crippen molar-refractivity contribution in [2.45, 2.75) is 0 Å². The highest BCUT2D eigenvalue weighted by atomic mass is 32.1. The molecule has 0 saturated heterocycles. The zero-order chi connectivity index (χ0) is 16.1. The maximum absolute atomic E-state index is 11.9. The Kier molecular flexibility index (Phi) is 4.49. The monoisotopic (exact) mass is 326 g/mol. The van der Waals surface area contributed by atoms with Gasteiger partial charge in [-0.1, -0.05) is 6.07 Å². The van der Waals surface area contributed by atoms with Crippen molar-refractivity contribution in [3.63, 3.8) is 0 Å². The fourth-order valence-corrected chi connectivity index (χ4v) is 2.62. The van der Waals surface area contributed by atoms with E-state index in [9.17, 15) is 9.59 Å². The summed E-state index contributed by atoms with van der Waals surface area (Å²) in [6, 6.07) is 12.6. The van der Waals surface area contributed by atoms with Crippen molar-refractivity contribution in [3.05, 3.63) is 65.1 Å². The second kappa shape index (κ2) is 6.89. The van der Waals surface area contributed by atoms with E-state index in [-0.39, 0.29) is 18.4 Å². The summed E-state index contributed by atoms with van der Waals surface area (Å²) in [6.07, 6.45) is 3.54. The van der Waals surface area contributed by atoms with Crippen LogP contribution in [0.1, 0.15) is 9.67 Å². The van der Waals surface area contributed by atoms with E-state index >= 15 is 0 Å². The molecule has 0 spiro atoms. The van der Waals surface area contributed by atoms with Crippen LogP contribution in [0.5, 0.6) is 0 Å². The predicted molar refractivity (Wildman–Crippen MR) is 88.8 cm³/mol. The first-order valence-electron chi connectivity index (χ1n) is 6.94. The van der Waals surface area contributed by atoms with Gasteiger partial charge < -0.3 is 10.6 Å². The first-order chi connectivity index (χ1) is 11.2. The number of amides is 2. The Morgan fingerprint density at radius 1 is 1.13 bits per heavy atom. The van der Waals surface area contributed by atoms with Gasteiger partial charge in [-0.25, -0.2) is 4.68 Å². The Labute approximate surface area is 136 Å². The van der Waals surface area contributed by atoms with Gasteiger partial charge in [0.25, 0.3) is 5.91 Å². The fourth-order valence-electron chi connectivity index (χ4n) is 1.98. The van der Waals surface area contributed by atoms with Gasteiger partial charge in [-0.3, -0.25) is 9.59 Å². The summed E-state index contributed by atoms with van der Waals surface area (Å²) in [5.41, 5.74) is 1.57. The smallest absolute Gasteiger partial charge is 0.261 e. The molecule has 0 unspecified atom stereocenters. The van der Waals surface area contributed by atoms with Gasteiger partial charge in [0.2, 0.25) is 5.91 Å². The number of anilines is 1. The topological polar surface area (TPSA) is 76.0 Å². The first-order valence-corrected chi connectivity index (χ1v) is 7.82. The van der Waals surface area contributed by atoms with Crippen LogP contribution in [0, 0.1) is 0 Å². The van der Waals surface area contributed by atoms with Crippen molar-refractivity contribution in [1.29, 1.82) is 0 Å². The number of aromatic nitrogens is 2. The molecule has 0 aliphatic carbocycles. The Morgan fingerprint density at radius 3 is 2.61 bits per heavy atom. The molecule has 23 heavy (non-hydrogen) atoms. The predicted octanol–water partition coefficient (Wildman–Crippen LogP) is 2.30. The minimum Gasteiger partial charge on any atom is -0.342 e. The fraction of sp³-hybridized carbons (Fsp3) is 0.0625. The lowest BCUT2D eigenvalue weighted by Gasteiger charge is -2.07. The van der Waals surface area contributed by atoms with Crippen LogP contribution in [0.15, 0.2) is 60.2 Å². The molecule has 0 atom stereocenters. The molecule has 7 heteroatoms. The van der Waals surface area contributed by atoms with E-state index in [0.717, 1.165) is 5.69 Å². The molecule has 2 aromatic heterocycles. The molecule has 0 fully saturated rings. The summed E-state index contributed by atoms with van der Waals surface area (Å²) in [5.74, 6) is -0.522. The quantitative estimate of drug-likeness (QED) is 0.755. The van der Waals surface area contributed by atoms with Crippen LogP contribution in [0.2, 0.25) is 0 Å². The first kappa shape index (κ1) is 15.0. The molecule has 0 aliphatic rings. The minimum atomic E-state index is -0.276. The standard InChI is InChI=1S/C16H14N4O2S/c21-15(11-17-16(22)14-3-1-10-23-14)19-12-4-6-13(7-5-12)20-9-2-8-18-20/h1-10H,11H2,(H,17,22)(H,19,21). The lowest BCUT2D eigenvalue weighted by Crippen LogP contribution is -2.32. The van der Waals surface area contributed by atoms with Gasteiger partial charge >= 0.3 is 0 Å². The van der Waals surface area contributed by atoms with Crippen molar-refractivity contribution < 1.29 is 9.59 Å². The number of thiophene rings is 1. The highest BCUT2D eigenvalue weighted by molar-refractivity contribution is 7.12. The van der Waals surface area contributed by atoms with E-state index in [1.165, 1.54) is 11.3 Å². The van der Waals surface area contributed by atoms with Gasteiger partial charge in [0, 0.05) is 18.1 Å². The average molecular weight is 326 g/mol. The zero-order valence-electron chi connectivity index (χ0n) is 12.1. The molecule has 0 bridgehead atoms. The van der Waals surface area contributed by atoms with Crippen LogP contribution in [0.4, 0.5) is 5.69 Å². The number of rotatable bonds is 5. The zero-order valence-corrected chi connectivity index (χ0v) is 12.9. The van der Waals surface area contributed by atoms with Gasteiger partial charge in [-0.2, -0.15) is 5.10 Å². The van der Waals surface area contributed by atoms with Crippen molar-refractivity contribution >= 4 is 28.8 Å². The van der Waals surface area contributed by atoms with Crippen LogP contribution in [0.25, 0.3) is 5.69 Å². The second-order valence-electron chi connectivity index (χ2n) is 4.71. The van der Waals surface area contributed by atoms with E-state index in [2.05, 4.69) is 15.7 Å². The van der Waals surface area contributed by atoms with Gasteiger partial charge in [0.1, 0.15) is 0 Å². The number of hydrogen-bond acceptors (Lipinski definition) is 4. The number of nitrogens with zero attached hydrogens (tertiary/aromatic N) is 2. The van der Waals surface area contributed by atoms with E-state index in [4.69, 9.17) is 0 Å². The van der Waals surface area contributed by atoms with Crippen molar-refractivity contribution in [2.75, 3.05) is 11.9 Å². The summed E-state index contributed by atoms with van der Waals surface area (Å²) in [5, 5.41) is 11.3. The Morgan fingerprint density at radius 2 is 1.96 bits per heavy atom. The van der Waals surface area contributed by atoms with Gasteiger partial charge in [0.05, 0.1) is 17.1 Å². The lowest BCUT2D eigenvalue weighted by molar-refractivity contribution is -0.115. The summed E-state index contributed by atoms with van der Waals surface area (Å²) in [4.78, 5) is 24.2.